The summed E-state index contributed by atoms with van der Waals surface area (Å²) < 4.78 is 0. The van der Waals surface area contributed by atoms with Crippen molar-refractivity contribution in [2.75, 3.05) is 18.4 Å². The summed E-state index contributed by atoms with van der Waals surface area (Å²) in [6, 6.07) is 8.11. The molecule has 3 rings (SSSR count). The van der Waals surface area contributed by atoms with Gasteiger partial charge in [0.15, 0.2) is 0 Å². The van der Waals surface area contributed by atoms with Crippen LogP contribution in [0, 0.1) is 5.92 Å². The maximum atomic E-state index is 12.3. The number of para-hydroxylation sites is 1. The molecular formula is C17H24N2O. The van der Waals surface area contributed by atoms with E-state index in [-0.39, 0.29) is 11.8 Å². The highest BCUT2D eigenvalue weighted by atomic mass is 16.1. The maximum Gasteiger partial charge on any atom is 0.229 e. The van der Waals surface area contributed by atoms with Gasteiger partial charge in [-0.15, -0.1) is 0 Å². The fourth-order valence-electron chi connectivity index (χ4n) is 3.54. The lowest BCUT2D eigenvalue weighted by atomic mass is 10.00. The maximum absolute atomic E-state index is 12.3. The molecule has 0 saturated heterocycles. The first-order valence-corrected chi connectivity index (χ1v) is 7.95. The second-order valence-electron chi connectivity index (χ2n) is 6.10. The third-order valence-corrected chi connectivity index (χ3v) is 4.71. The van der Waals surface area contributed by atoms with Crippen LogP contribution in [-0.2, 0) is 4.79 Å². The van der Waals surface area contributed by atoms with Gasteiger partial charge in [0.2, 0.25) is 5.91 Å². The molecule has 1 aliphatic carbocycles. The zero-order chi connectivity index (χ0) is 13.8. The molecule has 0 aromatic heterocycles. The van der Waals surface area contributed by atoms with Crippen LogP contribution in [0.25, 0.3) is 0 Å². The number of fused-ring (bicyclic) bond motifs is 1. The SMILES string of the molecule is O=C(NCCCC1CCCC1)C1CNc2ccccc21. The predicted octanol–water partition coefficient (Wildman–Crippen LogP) is 3.28. The standard InChI is InChI=1S/C17H24N2O/c20-17(18-11-5-8-13-6-1-2-7-13)15-12-19-16-10-4-3-9-14(15)16/h3-4,9-10,13,15,19H,1-2,5-8,11-12H2,(H,18,20). The van der Waals surface area contributed by atoms with Gasteiger partial charge in [0, 0.05) is 18.8 Å². The van der Waals surface area contributed by atoms with Gasteiger partial charge in [0.25, 0.3) is 0 Å². The topological polar surface area (TPSA) is 41.1 Å². The lowest BCUT2D eigenvalue weighted by Gasteiger charge is -2.12. The first-order chi connectivity index (χ1) is 9.84. The van der Waals surface area contributed by atoms with E-state index in [0.29, 0.717) is 0 Å². The van der Waals surface area contributed by atoms with Crippen LogP contribution in [0.15, 0.2) is 24.3 Å². The molecule has 1 saturated carbocycles. The monoisotopic (exact) mass is 272 g/mol. The van der Waals surface area contributed by atoms with Gasteiger partial charge in [0.05, 0.1) is 5.92 Å². The Labute approximate surface area is 121 Å². The molecular weight excluding hydrogens is 248 g/mol. The first kappa shape index (κ1) is 13.5. The van der Waals surface area contributed by atoms with E-state index in [4.69, 9.17) is 0 Å². The van der Waals surface area contributed by atoms with Crippen LogP contribution in [0.4, 0.5) is 5.69 Å². The molecule has 1 aromatic rings. The molecule has 0 spiro atoms. The molecule has 1 heterocycles. The molecule has 2 N–H and O–H groups in total. The number of hydrogen-bond acceptors (Lipinski definition) is 2. The van der Waals surface area contributed by atoms with E-state index in [1.54, 1.807) is 0 Å². The number of nitrogens with one attached hydrogen (secondary N) is 2. The van der Waals surface area contributed by atoms with E-state index < -0.39 is 0 Å². The van der Waals surface area contributed by atoms with E-state index in [1.165, 1.54) is 32.1 Å². The minimum Gasteiger partial charge on any atom is -0.384 e. The number of anilines is 1. The quantitative estimate of drug-likeness (QED) is 0.808. The number of carbonyl (C=O) groups excluding carboxylic acids is 1. The highest BCUT2D eigenvalue weighted by molar-refractivity contribution is 5.88. The number of benzene rings is 1. The highest BCUT2D eigenvalue weighted by Crippen LogP contribution is 2.31. The molecule has 1 atom stereocenters. The van der Waals surface area contributed by atoms with Crippen molar-refractivity contribution in [3.05, 3.63) is 29.8 Å². The van der Waals surface area contributed by atoms with Gasteiger partial charge in [-0.2, -0.15) is 0 Å². The average molecular weight is 272 g/mol. The van der Waals surface area contributed by atoms with E-state index in [2.05, 4.69) is 16.7 Å². The zero-order valence-electron chi connectivity index (χ0n) is 12.0. The second-order valence-corrected chi connectivity index (χ2v) is 6.10. The Morgan fingerprint density at radius 2 is 2.05 bits per heavy atom. The molecule has 1 amide bonds. The normalized spacial score (nSPS) is 21.5. The first-order valence-electron chi connectivity index (χ1n) is 7.95. The summed E-state index contributed by atoms with van der Waals surface area (Å²) in [4.78, 5) is 12.3. The molecule has 3 heteroatoms. The third-order valence-electron chi connectivity index (χ3n) is 4.71. The summed E-state index contributed by atoms with van der Waals surface area (Å²) in [6.45, 7) is 1.56. The van der Waals surface area contributed by atoms with E-state index in [0.717, 1.165) is 36.7 Å². The van der Waals surface area contributed by atoms with Crippen molar-refractivity contribution >= 4 is 11.6 Å². The van der Waals surface area contributed by atoms with Crippen LogP contribution < -0.4 is 10.6 Å². The molecule has 0 bridgehead atoms. The summed E-state index contributed by atoms with van der Waals surface area (Å²) in [5.41, 5.74) is 2.25. The van der Waals surface area contributed by atoms with Gasteiger partial charge in [-0.1, -0.05) is 43.9 Å². The van der Waals surface area contributed by atoms with Gasteiger partial charge in [0.1, 0.15) is 0 Å². The van der Waals surface area contributed by atoms with Gasteiger partial charge >= 0.3 is 0 Å². The van der Waals surface area contributed by atoms with Crippen LogP contribution in [-0.4, -0.2) is 19.0 Å². The van der Waals surface area contributed by atoms with Crippen LogP contribution in [0.3, 0.4) is 0 Å². The Morgan fingerprint density at radius 3 is 2.90 bits per heavy atom. The van der Waals surface area contributed by atoms with Crippen molar-refractivity contribution in [3.63, 3.8) is 0 Å². The second kappa shape index (κ2) is 6.29. The molecule has 108 valence electrons. The average Bonchev–Trinajstić information content (AvgIpc) is 3.12. The Bertz CT molecular complexity index is 466. The van der Waals surface area contributed by atoms with Gasteiger partial charge < -0.3 is 10.6 Å². The molecule has 1 unspecified atom stereocenters. The summed E-state index contributed by atoms with van der Waals surface area (Å²) in [7, 11) is 0. The third kappa shape index (κ3) is 2.97. The van der Waals surface area contributed by atoms with E-state index in [9.17, 15) is 4.79 Å². The minimum atomic E-state index is -0.0160. The smallest absolute Gasteiger partial charge is 0.229 e. The Morgan fingerprint density at radius 1 is 1.25 bits per heavy atom. The molecule has 0 radical (unpaired) electrons. The zero-order valence-corrected chi connectivity index (χ0v) is 12.0. The van der Waals surface area contributed by atoms with Crippen molar-refractivity contribution < 1.29 is 4.79 Å². The van der Waals surface area contributed by atoms with Crippen LogP contribution >= 0.6 is 0 Å². The Balaban J connectivity index is 1.43. The number of hydrogen-bond donors (Lipinski definition) is 2. The molecule has 1 aromatic carbocycles. The molecule has 20 heavy (non-hydrogen) atoms. The van der Waals surface area contributed by atoms with Gasteiger partial charge in [-0.25, -0.2) is 0 Å². The lowest BCUT2D eigenvalue weighted by Crippen LogP contribution is -2.31. The molecule has 1 fully saturated rings. The summed E-state index contributed by atoms with van der Waals surface area (Å²) >= 11 is 0. The van der Waals surface area contributed by atoms with E-state index >= 15 is 0 Å². The number of rotatable bonds is 5. The van der Waals surface area contributed by atoms with Crippen molar-refractivity contribution in [3.8, 4) is 0 Å². The van der Waals surface area contributed by atoms with Crippen molar-refractivity contribution in [1.82, 2.24) is 5.32 Å². The van der Waals surface area contributed by atoms with Crippen LogP contribution in [0.5, 0.6) is 0 Å². The fraction of sp³-hybridized carbons (Fsp3) is 0.588. The molecule has 1 aliphatic heterocycles. The number of carbonyl (C=O) groups is 1. The predicted molar refractivity (Wildman–Crippen MR) is 81.9 cm³/mol. The fourth-order valence-corrected chi connectivity index (χ4v) is 3.54. The van der Waals surface area contributed by atoms with E-state index in [1.807, 2.05) is 18.2 Å². The molecule has 2 aliphatic rings. The highest BCUT2D eigenvalue weighted by Gasteiger charge is 2.27. The summed E-state index contributed by atoms with van der Waals surface area (Å²) in [6.07, 6.45) is 8.00. The summed E-state index contributed by atoms with van der Waals surface area (Å²) in [5, 5.41) is 6.42. The van der Waals surface area contributed by atoms with Crippen LogP contribution in [0.2, 0.25) is 0 Å². The van der Waals surface area contributed by atoms with Crippen molar-refractivity contribution in [2.45, 2.75) is 44.4 Å². The van der Waals surface area contributed by atoms with Crippen molar-refractivity contribution in [1.29, 1.82) is 0 Å². The Kier molecular flexibility index (Phi) is 4.24. The lowest BCUT2D eigenvalue weighted by molar-refractivity contribution is -0.122. The largest absolute Gasteiger partial charge is 0.384 e. The minimum absolute atomic E-state index is 0.0160. The number of amides is 1. The van der Waals surface area contributed by atoms with Crippen molar-refractivity contribution in [2.24, 2.45) is 5.92 Å². The van der Waals surface area contributed by atoms with Gasteiger partial charge in [-0.05, 0) is 30.4 Å². The molecule has 3 nitrogen and oxygen atoms in total. The van der Waals surface area contributed by atoms with Gasteiger partial charge in [-0.3, -0.25) is 4.79 Å². The summed E-state index contributed by atoms with van der Waals surface area (Å²) in [5.74, 6) is 1.08. The Hall–Kier alpha value is -1.51. The van der Waals surface area contributed by atoms with Crippen LogP contribution in [0.1, 0.15) is 50.0 Å².